The van der Waals surface area contributed by atoms with E-state index in [1.165, 1.54) is 0 Å². The first-order valence-electron chi connectivity index (χ1n) is 10.1. The van der Waals surface area contributed by atoms with Crippen molar-refractivity contribution in [1.82, 2.24) is 15.0 Å². The van der Waals surface area contributed by atoms with Crippen molar-refractivity contribution in [2.45, 2.75) is 13.8 Å². The molecule has 0 spiro atoms. The van der Waals surface area contributed by atoms with Gasteiger partial charge >= 0.3 is 6.09 Å². The minimum absolute atomic E-state index is 0.260. The lowest BCUT2D eigenvalue weighted by Crippen LogP contribution is -2.15. The highest BCUT2D eigenvalue weighted by Crippen LogP contribution is 2.33. The SMILES string of the molecule is CCOC(=O)Nc1cc2nc(-c3ccccc3)c(-c3ccccc3)nc2c(OCC)n1. The predicted molar refractivity (Wildman–Crippen MR) is 120 cm³/mol. The number of hydrogen-bond donors (Lipinski definition) is 1. The van der Waals surface area contributed by atoms with E-state index in [-0.39, 0.29) is 12.4 Å². The van der Waals surface area contributed by atoms with Crippen LogP contribution in [0.25, 0.3) is 33.5 Å². The Morgan fingerprint density at radius 1 is 0.839 bits per heavy atom. The molecule has 7 heteroatoms. The summed E-state index contributed by atoms with van der Waals surface area (Å²) in [5.41, 5.74) is 4.42. The topological polar surface area (TPSA) is 86.2 Å². The molecular weight excluding hydrogens is 392 g/mol. The van der Waals surface area contributed by atoms with Gasteiger partial charge in [0.15, 0.2) is 5.52 Å². The van der Waals surface area contributed by atoms with Gasteiger partial charge in [-0.25, -0.2) is 14.8 Å². The molecule has 0 saturated heterocycles. The molecular formula is C24H22N4O3. The number of amides is 1. The number of nitrogens with zero attached hydrogens (tertiary/aromatic N) is 3. The number of fused-ring (bicyclic) bond motifs is 1. The normalized spacial score (nSPS) is 10.6. The molecule has 1 amide bonds. The van der Waals surface area contributed by atoms with E-state index in [0.717, 1.165) is 22.5 Å². The van der Waals surface area contributed by atoms with Crippen LogP contribution < -0.4 is 10.1 Å². The Labute approximate surface area is 180 Å². The van der Waals surface area contributed by atoms with Crippen LogP contribution in [0.15, 0.2) is 66.7 Å². The molecule has 2 aromatic heterocycles. The van der Waals surface area contributed by atoms with Gasteiger partial charge in [0.2, 0.25) is 5.88 Å². The molecule has 0 fully saturated rings. The van der Waals surface area contributed by atoms with Crippen LogP contribution >= 0.6 is 0 Å². The van der Waals surface area contributed by atoms with E-state index in [0.29, 0.717) is 23.5 Å². The van der Waals surface area contributed by atoms with Crippen LogP contribution in [0.2, 0.25) is 0 Å². The molecule has 7 nitrogen and oxygen atoms in total. The first-order valence-corrected chi connectivity index (χ1v) is 10.1. The van der Waals surface area contributed by atoms with E-state index in [1.807, 2.05) is 67.6 Å². The molecule has 156 valence electrons. The fourth-order valence-corrected chi connectivity index (χ4v) is 3.20. The number of hydrogen-bond acceptors (Lipinski definition) is 6. The largest absolute Gasteiger partial charge is 0.476 e. The average Bonchev–Trinajstić information content (AvgIpc) is 2.80. The zero-order chi connectivity index (χ0) is 21.6. The lowest BCUT2D eigenvalue weighted by atomic mass is 10.0. The summed E-state index contributed by atoms with van der Waals surface area (Å²) < 4.78 is 10.7. The summed E-state index contributed by atoms with van der Waals surface area (Å²) in [5, 5.41) is 2.62. The van der Waals surface area contributed by atoms with Crippen molar-refractivity contribution >= 4 is 22.9 Å². The summed E-state index contributed by atoms with van der Waals surface area (Å²) in [6, 6.07) is 21.4. The molecule has 0 bridgehead atoms. The molecule has 4 aromatic rings. The Morgan fingerprint density at radius 3 is 2.03 bits per heavy atom. The molecule has 0 atom stereocenters. The van der Waals surface area contributed by atoms with Crippen molar-refractivity contribution in [2.75, 3.05) is 18.5 Å². The molecule has 0 aliphatic heterocycles. The summed E-state index contributed by atoms with van der Waals surface area (Å²) in [6.45, 7) is 4.26. The van der Waals surface area contributed by atoms with Gasteiger partial charge < -0.3 is 9.47 Å². The number of carbonyl (C=O) groups is 1. The molecule has 0 unspecified atom stereocenters. The van der Waals surface area contributed by atoms with Gasteiger partial charge in [-0.2, -0.15) is 4.98 Å². The number of aromatic nitrogens is 3. The van der Waals surface area contributed by atoms with E-state index >= 15 is 0 Å². The van der Waals surface area contributed by atoms with Crippen molar-refractivity contribution in [3.8, 4) is 28.4 Å². The van der Waals surface area contributed by atoms with Gasteiger partial charge in [0, 0.05) is 17.2 Å². The molecule has 0 radical (unpaired) electrons. The number of rotatable bonds is 6. The van der Waals surface area contributed by atoms with Crippen molar-refractivity contribution < 1.29 is 14.3 Å². The number of anilines is 1. The monoisotopic (exact) mass is 414 g/mol. The summed E-state index contributed by atoms with van der Waals surface area (Å²) >= 11 is 0. The number of carbonyl (C=O) groups excluding carboxylic acids is 1. The first-order chi connectivity index (χ1) is 15.2. The second kappa shape index (κ2) is 9.21. The Balaban J connectivity index is 1.94. The number of benzene rings is 2. The summed E-state index contributed by atoms with van der Waals surface area (Å²) in [4.78, 5) is 26.1. The molecule has 0 saturated carbocycles. The van der Waals surface area contributed by atoms with Crippen LogP contribution in [0.5, 0.6) is 5.88 Å². The van der Waals surface area contributed by atoms with Crippen molar-refractivity contribution in [1.29, 1.82) is 0 Å². The highest BCUT2D eigenvalue weighted by Gasteiger charge is 2.18. The molecule has 2 heterocycles. The average molecular weight is 414 g/mol. The Kier molecular flexibility index (Phi) is 6.03. The lowest BCUT2D eigenvalue weighted by Gasteiger charge is -2.14. The fourth-order valence-electron chi connectivity index (χ4n) is 3.20. The fraction of sp³-hybridized carbons (Fsp3) is 0.167. The van der Waals surface area contributed by atoms with E-state index in [4.69, 9.17) is 19.4 Å². The zero-order valence-electron chi connectivity index (χ0n) is 17.3. The standard InChI is InChI=1S/C24H22N4O3/c1-3-30-23-22-18(15-19(26-23)27-24(29)31-4-2)25-20(16-11-7-5-8-12-16)21(28-22)17-13-9-6-10-14-17/h5-15H,3-4H2,1-2H3,(H,26,27,29). The molecule has 31 heavy (non-hydrogen) atoms. The molecule has 4 rings (SSSR count). The first kappa shape index (κ1) is 20.3. The second-order valence-electron chi connectivity index (χ2n) is 6.61. The maximum absolute atomic E-state index is 11.9. The maximum Gasteiger partial charge on any atom is 0.412 e. The van der Waals surface area contributed by atoms with E-state index in [1.54, 1.807) is 13.0 Å². The molecule has 0 aliphatic rings. The number of nitrogens with one attached hydrogen (secondary N) is 1. The van der Waals surface area contributed by atoms with Crippen LogP contribution in [0.3, 0.4) is 0 Å². The van der Waals surface area contributed by atoms with Gasteiger partial charge in [-0.05, 0) is 13.8 Å². The third kappa shape index (κ3) is 4.45. The van der Waals surface area contributed by atoms with E-state index in [2.05, 4.69) is 10.3 Å². The predicted octanol–water partition coefficient (Wildman–Crippen LogP) is 5.33. The Bertz CT molecular complexity index is 1200. The van der Waals surface area contributed by atoms with Gasteiger partial charge in [-0.15, -0.1) is 0 Å². The van der Waals surface area contributed by atoms with Crippen molar-refractivity contribution in [2.24, 2.45) is 0 Å². The Morgan fingerprint density at radius 2 is 1.45 bits per heavy atom. The minimum Gasteiger partial charge on any atom is -0.476 e. The van der Waals surface area contributed by atoms with Gasteiger partial charge in [0.05, 0.1) is 30.1 Å². The smallest absolute Gasteiger partial charge is 0.412 e. The second-order valence-corrected chi connectivity index (χ2v) is 6.61. The zero-order valence-corrected chi connectivity index (χ0v) is 17.3. The molecule has 2 aromatic carbocycles. The number of ether oxygens (including phenoxy) is 2. The van der Waals surface area contributed by atoms with Crippen LogP contribution in [0, 0.1) is 0 Å². The third-order valence-electron chi connectivity index (χ3n) is 4.50. The third-order valence-corrected chi connectivity index (χ3v) is 4.50. The van der Waals surface area contributed by atoms with Crippen molar-refractivity contribution in [3.05, 3.63) is 66.7 Å². The van der Waals surface area contributed by atoms with Gasteiger partial charge in [-0.1, -0.05) is 60.7 Å². The maximum atomic E-state index is 11.9. The van der Waals surface area contributed by atoms with Gasteiger partial charge in [0.1, 0.15) is 5.82 Å². The van der Waals surface area contributed by atoms with Crippen molar-refractivity contribution in [3.63, 3.8) is 0 Å². The van der Waals surface area contributed by atoms with Gasteiger partial charge in [-0.3, -0.25) is 5.32 Å². The van der Waals surface area contributed by atoms with Crippen LogP contribution in [-0.4, -0.2) is 34.3 Å². The van der Waals surface area contributed by atoms with Gasteiger partial charge in [0.25, 0.3) is 0 Å². The van der Waals surface area contributed by atoms with E-state index < -0.39 is 6.09 Å². The van der Waals surface area contributed by atoms with E-state index in [9.17, 15) is 4.79 Å². The quantitative estimate of drug-likeness (QED) is 0.459. The highest BCUT2D eigenvalue weighted by atomic mass is 16.5. The minimum atomic E-state index is -0.589. The van der Waals surface area contributed by atoms with Crippen LogP contribution in [0.1, 0.15) is 13.8 Å². The Hall–Kier alpha value is -4.00. The van der Waals surface area contributed by atoms with Crippen LogP contribution in [-0.2, 0) is 4.74 Å². The summed E-state index contributed by atoms with van der Waals surface area (Å²) in [6.07, 6.45) is -0.589. The molecule has 1 N–H and O–H groups in total. The highest BCUT2D eigenvalue weighted by molar-refractivity contribution is 5.92. The van der Waals surface area contributed by atoms with Crippen LogP contribution in [0.4, 0.5) is 10.6 Å². The summed E-state index contributed by atoms with van der Waals surface area (Å²) in [5.74, 6) is 0.589. The number of pyridine rings is 1. The molecule has 0 aliphatic carbocycles. The summed E-state index contributed by atoms with van der Waals surface area (Å²) in [7, 11) is 0. The lowest BCUT2D eigenvalue weighted by molar-refractivity contribution is 0.168.